The monoisotopic (exact) mass is 290 g/mol. The molecule has 0 spiro atoms. The molecule has 114 valence electrons. The minimum Gasteiger partial charge on any atom is -0.399 e. The van der Waals surface area contributed by atoms with Crippen LogP contribution in [-0.2, 0) is 4.79 Å². The first-order chi connectivity index (χ1) is 10.0. The Balaban J connectivity index is 2.11. The van der Waals surface area contributed by atoms with Crippen molar-refractivity contribution in [2.24, 2.45) is 0 Å². The summed E-state index contributed by atoms with van der Waals surface area (Å²) in [5.41, 5.74) is 7.37. The topological polar surface area (TPSA) is 96.2 Å². The van der Waals surface area contributed by atoms with Crippen LogP contribution in [0.25, 0.3) is 0 Å². The molecule has 1 aliphatic rings. The van der Waals surface area contributed by atoms with Crippen molar-refractivity contribution >= 4 is 23.2 Å². The molecule has 1 aromatic rings. The van der Waals surface area contributed by atoms with Gasteiger partial charge in [0.05, 0.1) is 5.56 Å². The zero-order chi connectivity index (χ0) is 15.4. The van der Waals surface area contributed by atoms with Gasteiger partial charge in [0.1, 0.15) is 6.04 Å². The fourth-order valence-electron chi connectivity index (χ4n) is 1.99. The highest BCUT2D eigenvalue weighted by atomic mass is 16.2. The maximum absolute atomic E-state index is 12.0. The molecule has 0 aromatic heterocycles. The summed E-state index contributed by atoms with van der Waals surface area (Å²) in [6.07, 6.45) is 2.09. The SMILES string of the molecule is CCNC(=O)c1ccc(N)cc1NC(C)C(=O)NC1CC1. The highest BCUT2D eigenvalue weighted by Gasteiger charge is 2.26. The third kappa shape index (κ3) is 4.11. The number of nitrogens with one attached hydrogen (secondary N) is 3. The molecule has 1 unspecified atom stereocenters. The third-order valence-electron chi connectivity index (χ3n) is 3.31. The van der Waals surface area contributed by atoms with Gasteiger partial charge in [0.2, 0.25) is 5.91 Å². The first kappa shape index (κ1) is 15.2. The minimum atomic E-state index is -0.430. The Morgan fingerprint density at radius 3 is 2.71 bits per heavy atom. The Morgan fingerprint density at radius 2 is 2.10 bits per heavy atom. The Bertz CT molecular complexity index is 540. The van der Waals surface area contributed by atoms with E-state index in [0.717, 1.165) is 12.8 Å². The Labute approximate surface area is 124 Å². The molecule has 2 amide bonds. The Kier molecular flexibility index (Phi) is 4.67. The van der Waals surface area contributed by atoms with Crippen LogP contribution in [0.15, 0.2) is 18.2 Å². The van der Waals surface area contributed by atoms with Gasteiger partial charge in [-0.2, -0.15) is 0 Å². The number of amides is 2. The summed E-state index contributed by atoms with van der Waals surface area (Å²) in [6.45, 7) is 4.16. The highest BCUT2D eigenvalue weighted by molar-refractivity contribution is 6.01. The molecular formula is C15H22N4O2. The first-order valence-corrected chi connectivity index (χ1v) is 7.26. The van der Waals surface area contributed by atoms with Crippen molar-refractivity contribution in [2.75, 3.05) is 17.6 Å². The number of nitrogen functional groups attached to an aromatic ring is 1. The lowest BCUT2D eigenvalue weighted by Crippen LogP contribution is -2.39. The van der Waals surface area contributed by atoms with Crippen molar-refractivity contribution in [1.82, 2.24) is 10.6 Å². The Morgan fingerprint density at radius 1 is 1.38 bits per heavy atom. The number of hydrogen-bond donors (Lipinski definition) is 4. The van der Waals surface area contributed by atoms with Crippen molar-refractivity contribution < 1.29 is 9.59 Å². The number of benzene rings is 1. The van der Waals surface area contributed by atoms with Gasteiger partial charge in [-0.3, -0.25) is 9.59 Å². The standard InChI is InChI=1S/C15H22N4O2/c1-3-17-15(21)12-7-4-10(16)8-13(12)18-9(2)14(20)19-11-5-6-11/h4,7-9,11,18H,3,5-6,16H2,1-2H3,(H,17,21)(H,19,20). The predicted molar refractivity (Wildman–Crippen MR) is 83.1 cm³/mol. The van der Waals surface area contributed by atoms with Crippen LogP contribution in [0.4, 0.5) is 11.4 Å². The second-order valence-corrected chi connectivity index (χ2v) is 5.31. The molecule has 5 N–H and O–H groups in total. The normalized spacial score (nSPS) is 15.1. The fraction of sp³-hybridized carbons (Fsp3) is 0.467. The van der Waals surface area contributed by atoms with Gasteiger partial charge in [0, 0.05) is 24.0 Å². The molecule has 0 bridgehead atoms. The van der Waals surface area contributed by atoms with E-state index in [4.69, 9.17) is 5.73 Å². The largest absolute Gasteiger partial charge is 0.399 e. The summed E-state index contributed by atoms with van der Waals surface area (Å²) in [7, 11) is 0. The summed E-state index contributed by atoms with van der Waals surface area (Å²) in [5.74, 6) is -0.253. The Hall–Kier alpha value is -2.24. The van der Waals surface area contributed by atoms with Gasteiger partial charge >= 0.3 is 0 Å². The quantitative estimate of drug-likeness (QED) is 0.590. The number of rotatable bonds is 6. The van der Waals surface area contributed by atoms with Gasteiger partial charge in [-0.15, -0.1) is 0 Å². The number of carbonyl (C=O) groups is 2. The van der Waals surface area contributed by atoms with E-state index in [1.54, 1.807) is 25.1 Å². The average molecular weight is 290 g/mol. The molecule has 0 aliphatic heterocycles. The molecule has 1 aliphatic carbocycles. The molecule has 2 rings (SSSR count). The zero-order valence-corrected chi connectivity index (χ0v) is 12.4. The van der Waals surface area contributed by atoms with E-state index < -0.39 is 6.04 Å². The molecular weight excluding hydrogens is 268 g/mol. The van der Waals surface area contributed by atoms with E-state index in [2.05, 4.69) is 16.0 Å². The first-order valence-electron chi connectivity index (χ1n) is 7.26. The third-order valence-corrected chi connectivity index (χ3v) is 3.31. The smallest absolute Gasteiger partial charge is 0.253 e. The summed E-state index contributed by atoms with van der Waals surface area (Å²) in [6, 6.07) is 4.88. The van der Waals surface area contributed by atoms with Crippen LogP contribution in [0.5, 0.6) is 0 Å². The lowest BCUT2D eigenvalue weighted by atomic mass is 10.1. The van der Waals surface area contributed by atoms with Gasteiger partial charge in [0.15, 0.2) is 0 Å². The van der Waals surface area contributed by atoms with Crippen molar-refractivity contribution in [3.05, 3.63) is 23.8 Å². The van der Waals surface area contributed by atoms with Crippen LogP contribution >= 0.6 is 0 Å². The summed E-state index contributed by atoms with van der Waals surface area (Å²) in [4.78, 5) is 24.0. The molecule has 0 radical (unpaired) electrons. The van der Waals surface area contributed by atoms with Gasteiger partial charge in [-0.05, 0) is 44.9 Å². The lowest BCUT2D eigenvalue weighted by molar-refractivity contribution is -0.121. The summed E-state index contributed by atoms with van der Waals surface area (Å²) in [5, 5.41) is 8.75. The minimum absolute atomic E-state index is 0.0678. The second-order valence-electron chi connectivity index (χ2n) is 5.31. The molecule has 1 saturated carbocycles. The molecule has 1 atom stereocenters. The number of nitrogens with two attached hydrogens (primary N) is 1. The molecule has 6 heteroatoms. The van der Waals surface area contributed by atoms with Crippen molar-refractivity contribution in [3.8, 4) is 0 Å². The van der Waals surface area contributed by atoms with Crippen molar-refractivity contribution in [2.45, 2.75) is 38.8 Å². The highest BCUT2D eigenvalue weighted by Crippen LogP contribution is 2.21. The lowest BCUT2D eigenvalue weighted by Gasteiger charge is -2.18. The predicted octanol–water partition coefficient (Wildman–Crippen LogP) is 1.10. The van der Waals surface area contributed by atoms with Crippen LogP contribution in [0.1, 0.15) is 37.0 Å². The maximum atomic E-state index is 12.0. The van der Waals surface area contributed by atoms with Crippen LogP contribution in [0.2, 0.25) is 0 Å². The molecule has 21 heavy (non-hydrogen) atoms. The van der Waals surface area contributed by atoms with Gasteiger partial charge < -0.3 is 21.7 Å². The molecule has 0 saturated heterocycles. The van der Waals surface area contributed by atoms with Gasteiger partial charge in [-0.1, -0.05) is 0 Å². The molecule has 0 heterocycles. The van der Waals surface area contributed by atoms with Gasteiger partial charge in [0.25, 0.3) is 5.91 Å². The van der Waals surface area contributed by atoms with Crippen LogP contribution < -0.4 is 21.7 Å². The van der Waals surface area contributed by atoms with Crippen LogP contribution in [0, 0.1) is 0 Å². The van der Waals surface area contributed by atoms with E-state index in [0.29, 0.717) is 29.5 Å². The maximum Gasteiger partial charge on any atom is 0.253 e. The van der Waals surface area contributed by atoms with E-state index in [-0.39, 0.29) is 11.8 Å². The number of anilines is 2. The average Bonchev–Trinajstić information content (AvgIpc) is 3.23. The number of hydrogen-bond acceptors (Lipinski definition) is 4. The zero-order valence-electron chi connectivity index (χ0n) is 12.4. The summed E-state index contributed by atoms with van der Waals surface area (Å²) < 4.78 is 0. The van der Waals surface area contributed by atoms with Gasteiger partial charge in [-0.25, -0.2) is 0 Å². The van der Waals surface area contributed by atoms with E-state index in [1.807, 2.05) is 6.92 Å². The fourth-order valence-corrected chi connectivity index (χ4v) is 1.99. The van der Waals surface area contributed by atoms with E-state index in [9.17, 15) is 9.59 Å². The van der Waals surface area contributed by atoms with Crippen LogP contribution in [0.3, 0.4) is 0 Å². The second kappa shape index (κ2) is 6.47. The number of carbonyl (C=O) groups excluding carboxylic acids is 2. The molecule has 1 aromatic carbocycles. The molecule has 6 nitrogen and oxygen atoms in total. The molecule has 1 fully saturated rings. The van der Waals surface area contributed by atoms with Crippen molar-refractivity contribution in [1.29, 1.82) is 0 Å². The summed E-state index contributed by atoms with van der Waals surface area (Å²) >= 11 is 0. The van der Waals surface area contributed by atoms with E-state index >= 15 is 0 Å². The van der Waals surface area contributed by atoms with E-state index in [1.165, 1.54) is 0 Å². The van der Waals surface area contributed by atoms with Crippen LogP contribution in [-0.4, -0.2) is 30.4 Å². The van der Waals surface area contributed by atoms with Crippen molar-refractivity contribution in [3.63, 3.8) is 0 Å².